The van der Waals surface area contributed by atoms with E-state index in [0.29, 0.717) is 31.0 Å². The Morgan fingerprint density at radius 1 is 1.00 bits per heavy atom. The second-order valence-corrected chi connectivity index (χ2v) is 8.60. The molecule has 2 amide bonds. The van der Waals surface area contributed by atoms with E-state index in [9.17, 15) is 14.0 Å². The van der Waals surface area contributed by atoms with Gasteiger partial charge in [0.1, 0.15) is 11.6 Å². The van der Waals surface area contributed by atoms with Crippen molar-refractivity contribution in [2.45, 2.75) is 25.7 Å². The highest BCUT2D eigenvalue weighted by Crippen LogP contribution is 2.25. The average Bonchev–Trinajstić information content (AvgIpc) is 3.32. The Labute approximate surface area is 186 Å². The third kappa shape index (κ3) is 5.01. The molecule has 31 heavy (non-hydrogen) atoms. The first-order valence-electron chi connectivity index (χ1n) is 10.8. The SMILES string of the molecule is O=C(c1cccc(OCC2CCCN(C(=O)c3c(F)cccc3Cl)C2)c1)N1CCCC1. The first-order chi connectivity index (χ1) is 15.0. The van der Waals surface area contributed by atoms with E-state index in [2.05, 4.69) is 0 Å². The molecule has 5 nitrogen and oxygen atoms in total. The Bertz CT molecular complexity index is 941. The first-order valence-corrected chi connectivity index (χ1v) is 11.2. The average molecular weight is 445 g/mol. The molecule has 4 rings (SSSR count). The van der Waals surface area contributed by atoms with Crippen LogP contribution in [0.4, 0.5) is 4.39 Å². The minimum Gasteiger partial charge on any atom is -0.493 e. The molecule has 2 heterocycles. The van der Waals surface area contributed by atoms with Crippen LogP contribution >= 0.6 is 11.6 Å². The summed E-state index contributed by atoms with van der Waals surface area (Å²) in [5.41, 5.74) is 0.563. The summed E-state index contributed by atoms with van der Waals surface area (Å²) >= 11 is 6.07. The number of carbonyl (C=O) groups is 2. The predicted octanol–water partition coefficient (Wildman–Crippen LogP) is 4.65. The molecule has 0 aliphatic carbocycles. The van der Waals surface area contributed by atoms with Crippen LogP contribution < -0.4 is 4.74 Å². The highest BCUT2D eigenvalue weighted by Gasteiger charge is 2.28. The van der Waals surface area contributed by atoms with Crippen LogP contribution in [0, 0.1) is 11.7 Å². The molecule has 2 saturated heterocycles. The van der Waals surface area contributed by atoms with Crippen molar-refractivity contribution in [1.82, 2.24) is 9.80 Å². The first kappa shape index (κ1) is 21.6. The van der Waals surface area contributed by atoms with Crippen molar-refractivity contribution in [3.8, 4) is 5.75 Å². The van der Waals surface area contributed by atoms with Gasteiger partial charge in [0, 0.05) is 37.7 Å². The normalized spacial score (nSPS) is 18.8. The molecule has 2 fully saturated rings. The molecule has 0 aromatic heterocycles. The minimum atomic E-state index is -0.602. The summed E-state index contributed by atoms with van der Waals surface area (Å²) in [6.07, 6.45) is 3.84. The van der Waals surface area contributed by atoms with Gasteiger partial charge >= 0.3 is 0 Å². The number of likely N-dealkylation sites (tertiary alicyclic amines) is 2. The van der Waals surface area contributed by atoms with Crippen molar-refractivity contribution in [3.63, 3.8) is 0 Å². The van der Waals surface area contributed by atoms with Gasteiger partial charge in [-0.25, -0.2) is 4.39 Å². The number of piperidine rings is 1. The molecular weight excluding hydrogens is 419 g/mol. The summed E-state index contributed by atoms with van der Waals surface area (Å²) in [5.74, 6) is -0.174. The lowest BCUT2D eigenvalue weighted by Crippen LogP contribution is -2.42. The Morgan fingerprint density at radius 3 is 2.52 bits per heavy atom. The number of rotatable bonds is 5. The van der Waals surface area contributed by atoms with E-state index in [1.807, 2.05) is 23.1 Å². The standard InChI is InChI=1S/C24H26ClFN2O3/c25-20-9-4-10-21(26)22(20)24(30)28-13-5-6-17(15-28)16-31-19-8-3-7-18(14-19)23(29)27-11-1-2-12-27/h3-4,7-10,14,17H,1-2,5-6,11-13,15-16H2. The summed E-state index contributed by atoms with van der Waals surface area (Å²) < 4.78 is 20.1. The van der Waals surface area contributed by atoms with E-state index < -0.39 is 5.82 Å². The highest BCUT2D eigenvalue weighted by atomic mass is 35.5. The van der Waals surface area contributed by atoms with E-state index in [1.165, 1.54) is 18.2 Å². The third-order valence-electron chi connectivity index (χ3n) is 5.94. The fourth-order valence-corrected chi connectivity index (χ4v) is 4.53. The smallest absolute Gasteiger partial charge is 0.258 e. The van der Waals surface area contributed by atoms with Gasteiger partial charge in [0.2, 0.25) is 0 Å². The van der Waals surface area contributed by atoms with E-state index >= 15 is 0 Å². The zero-order chi connectivity index (χ0) is 21.8. The summed E-state index contributed by atoms with van der Waals surface area (Å²) in [5, 5.41) is 0.128. The molecule has 0 spiro atoms. The van der Waals surface area contributed by atoms with Crippen LogP contribution in [0.25, 0.3) is 0 Å². The van der Waals surface area contributed by atoms with Gasteiger partial charge in [-0.2, -0.15) is 0 Å². The Morgan fingerprint density at radius 2 is 1.74 bits per heavy atom. The molecule has 0 N–H and O–H groups in total. The maximum Gasteiger partial charge on any atom is 0.258 e. The number of nitrogens with zero attached hydrogens (tertiary/aromatic N) is 2. The molecule has 0 bridgehead atoms. The molecular formula is C24H26ClFN2O3. The van der Waals surface area contributed by atoms with E-state index in [0.717, 1.165) is 38.8 Å². The predicted molar refractivity (Wildman–Crippen MR) is 117 cm³/mol. The van der Waals surface area contributed by atoms with E-state index in [1.54, 1.807) is 11.0 Å². The summed E-state index contributed by atoms with van der Waals surface area (Å²) in [6.45, 7) is 3.09. The van der Waals surface area contributed by atoms with Gasteiger partial charge in [0.25, 0.3) is 11.8 Å². The van der Waals surface area contributed by atoms with Crippen LogP contribution in [-0.2, 0) is 0 Å². The second kappa shape index (κ2) is 9.69. The number of amides is 2. The molecule has 1 unspecified atom stereocenters. The maximum absolute atomic E-state index is 14.1. The molecule has 164 valence electrons. The maximum atomic E-state index is 14.1. The van der Waals surface area contributed by atoms with E-state index in [-0.39, 0.29) is 28.3 Å². The van der Waals surface area contributed by atoms with Crippen molar-refractivity contribution < 1.29 is 18.7 Å². The molecule has 1 atom stereocenters. The molecule has 2 aromatic carbocycles. The molecule has 2 aromatic rings. The van der Waals surface area contributed by atoms with Crippen LogP contribution in [-0.4, -0.2) is 54.4 Å². The highest BCUT2D eigenvalue weighted by molar-refractivity contribution is 6.33. The molecule has 2 aliphatic heterocycles. The molecule has 7 heteroatoms. The Kier molecular flexibility index (Phi) is 6.76. The van der Waals surface area contributed by atoms with Gasteiger partial charge in [-0.3, -0.25) is 9.59 Å². The number of carbonyl (C=O) groups excluding carboxylic acids is 2. The number of hydrogen-bond acceptors (Lipinski definition) is 3. The van der Waals surface area contributed by atoms with Crippen LogP contribution in [0.2, 0.25) is 5.02 Å². The topological polar surface area (TPSA) is 49.9 Å². The van der Waals surface area contributed by atoms with Crippen molar-refractivity contribution >= 4 is 23.4 Å². The van der Waals surface area contributed by atoms with Crippen molar-refractivity contribution in [3.05, 3.63) is 64.4 Å². The lowest BCUT2D eigenvalue weighted by Gasteiger charge is -2.33. The van der Waals surface area contributed by atoms with Gasteiger partial charge in [-0.05, 0) is 56.0 Å². The summed E-state index contributed by atoms with van der Waals surface area (Å²) in [4.78, 5) is 28.9. The zero-order valence-electron chi connectivity index (χ0n) is 17.4. The van der Waals surface area contributed by atoms with Gasteiger partial charge < -0.3 is 14.5 Å². The van der Waals surface area contributed by atoms with E-state index in [4.69, 9.17) is 16.3 Å². The number of halogens is 2. The van der Waals surface area contributed by atoms with Gasteiger partial charge in [-0.1, -0.05) is 23.7 Å². The van der Waals surface area contributed by atoms with Crippen molar-refractivity contribution in [2.75, 3.05) is 32.8 Å². The zero-order valence-corrected chi connectivity index (χ0v) is 18.1. The quantitative estimate of drug-likeness (QED) is 0.674. The lowest BCUT2D eigenvalue weighted by molar-refractivity contribution is 0.0628. The molecule has 0 saturated carbocycles. The largest absolute Gasteiger partial charge is 0.493 e. The van der Waals surface area contributed by atoms with Crippen molar-refractivity contribution in [1.29, 1.82) is 0 Å². The fraction of sp³-hybridized carbons (Fsp3) is 0.417. The lowest BCUT2D eigenvalue weighted by atomic mass is 9.98. The number of ether oxygens (including phenoxy) is 1. The molecule has 2 aliphatic rings. The Hall–Kier alpha value is -2.60. The van der Waals surface area contributed by atoms with Gasteiger partial charge in [0.15, 0.2) is 0 Å². The van der Waals surface area contributed by atoms with Crippen LogP contribution in [0.5, 0.6) is 5.75 Å². The number of benzene rings is 2. The Balaban J connectivity index is 1.36. The van der Waals surface area contributed by atoms with Gasteiger partial charge in [0.05, 0.1) is 17.2 Å². The second-order valence-electron chi connectivity index (χ2n) is 8.19. The summed E-state index contributed by atoms with van der Waals surface area (Å²) in [7, 11) is 0. The molecule has 0 radical (unpaired) electrons. The van der Waals surface area contributed by atoms with Crippen LogP contribution in [0.15, 0.2) is 42.5 Å². The number of hydrogen-bond donors (Lipinski definition) is 0. The van der Waals surface area contributed by atoms with Crippen LogP contribution in [0.3, 0.4) is 0 Å². The van der Waals surface area contributed by atoms with Crippen molar-refractivity contribution in [2.24, 2.45) is 5.92 Å². The van der Waals surface area contributed by atoms with Gasteiger partial charge in [-0.15, -0.1) is 0 Å². The fourth-order valence-electron chi connectivity index (χ4n) is 4.28. The summed E-state index contributed by atoms with van der Waals surface area (Å²) in [6, 6.07) is 11.5. The minimum absolute atomic E-state index is 0.0409. The third-order valence-corrected chi connectivity index (χ3v) is 6.26. The van der Waals surface area contributed by atoms with Crippen LogP contribution in [0.1, 0.15) is 46.4 Å². The monoisotopic (exact) mass is 444 g/mol.